The van der Waals surface area contributed by atoms with Crippen LogP contribution in [0.4, 0.5) is 13.2 Å². The summed E-state index contributed by atoms with van der Waals surface area (Å²) in [7, 11) is 0. The Morgan fingerprint density at radius 1 is 1.33 bits per heavy atom. The number of likely N-dealkylation sites (tertiary alicyclic amines) is 1. The zero-order valence-electron chi connectivity index (χ0n) is 14.6. The van der Waals surface area contributed by atoms with Crippen molar-refractivity contribution in [3.63, 3.8) is 0 Å². The number of halogens is 3. The Hall–Kier alpha value is -2.65. The molecule has 2 aliphatic rings. The normalized spacial score (nSPS) is 19.6. The molecule has 27 heavy (non-hydrogen) atoms. The van der Waals surface area contributed by atoms with Crippen molar-refractivity contribution in [3.05, 3.63) is 39.1 Å². The van der Waals surface area contributed by atoms with Gasteiger partial charge in [-0.1, -0.05) is 0 Å². The predicted molar refractivity (Wildman–Crippen MR) is 88.8 cm³/mol. The molecule has 10 heteroatoms. The highest BCUT2D eigenvalue weighted by atomic mass is 19.4. The fraction of sp³-hybridized carbons (Fsp3) is 0.529. The van der Waals surface area contributed by atoms with E-state index in [1.807, 2.05) is 0 Å². The molecular weight excluding hydrogens is 363 g/mol. The summed E-state index contributed by atoms with van der Waals surface area (Å²) in [4.78, 5) is 33.1. The number of nitrogens with zero attached hydrogens (tertiary/aromatic N) is 4. The summed E-state index contributed by atoms with van der Waals surface area (Å²) < 4.78 is 39.9. The zero-order chi connectivity index (χ0) is 19.3. The molecule has 1 amide bonds. The molecule has 1 aliphatic heterocycles. The van der Waals surface area contributed by atoms with E-state index in [2.05, 4.69) is 15.1 Å². The molecule has 3 heterocycles. The van der Waals surface area contributed by atoms with Gasteiger partial charge in [-0.15, -0.1) is 0 Å². The minimum absolute atomic E-state index is 0.0571. The summed E-state index contributed by atoms with van der Waals surface area (Å²) in [6.07, 6.45) is -0.817. The molecule has 1 saturated heterocycles. The summed E-state index contributed by atoms with van der Waals surface area (Å²) in [5.41, 5.74) is 1.82. The summed E-state index contributed by atoms with van der Waals surface area (Å²) in [5.74, 6) is -1.77. The summed E-state index contributed by atoms with van der Waals surface area (Å²) in [6.45, 7) is 1.34. The number of nitrogens with one attached hydrogen (secondary N) is 1. The van der Waals surface area contributed by atoms with Gasteiger partial charge in [0.1, 0.15) is 0 Å². The van der Waals surface area contributed by atoms with E-state index in [1.165, 1.54) is 15.8 Å². The number of carbonyl (C=O) groups excluding carboxylic acids is 1. The van der Waals surface area contributed by atoms with E-state index in [0.717, 1.165) is 12.1 Å². The second kappa shape index (κ2) is 6.21. The molecular formula is C17H18F3N5O2. The van der Waals surface area contributed by atoms with Crippen LogP contribution in [-0.4, -0.2) is 49.8 Å². The number of aromatic amines is 1. The molecule has 0 radical (unpaired) electrons. The number of aryl methyl sites for hydroxylation is 1. The number of alkyl halides is 3. The van der Waals surface area contributed by atoms with Crippen molar-refractivity contribution in [1.29, 1.82) is 0 Å². The number of carbonyl (C=O) groups is 1. The lowest BCUT2D eigenvalue weighted by Crippen LogP contribution is -2.32. The Kier molecular flexibility index (Phi) is 4.08. The number of H-pyrrole nitrogens is 1. The highest BCUT2D eigenvalue weighted by Gasteiger charge is 2.45. The fourth-order valence-corrected chi connectivity index (χ4v) is 3.74. The zero-order valence-corrected chi connectivity index (χ0v) is 14.6. The summed E-state index contributed by atoms with van der Waals surface area (Å²) in [6, 6.07) is 0. The monoisotopic (exact) mass is 381 g/mol. The van der Waals surface area contributed by atoms with Crippen LogP contribution in [-0.2, 0) is 12.8 Å². The standard InChI is InChI=1S/C17H18F3N5O2/c1-9-12(15(27)24-6-5-10(8-24)17(18,19)20)7-21-25(9)16-22-13-4-2-3-11(13)14(26)23-16/h7,10H,2-6,8H2,1H3,(H,22,23,26). The molecule has 0 saturated carbocycles. The molecule has 1 fully saturated rings. The lowest BCUT2D eigenvalue weighted by Gasteiger charge is -2.17. The van der Waals surface area contributed by atoms with Gasteiger partial charge in [0.05, 0.1) is 29.1 Å². The molecule has 4 rings (SSSR count). The molecule has 1 aliphatic carbocycles. The summed E-state index contributed by atoms with van der Waals surface area (Å²) in [5, 5.41) is 4.13. The van der Waals surface area contributed by atoms with Crippen molar-refractivity contribution in [3.8, 4) is 5.95 Å². The van der Waals surface area contributed by atoms with E-state index in [-0.39, 0.29) is 36.6 Å². The first-order valence-electron chi connectivity index (χ1n) is 8.78. The fourth-order valence-electron chi connectivity index (χ4n) is 3.74. The van der Waals surface area contributed by atoms with Crippen LogP contribution in [0.3, 0.4) is 0 Å². The van der Waals surface area contributed by atoms with E-state index in [4.69, 9.17) is 0 Å². The van der Waals surface area contributed by atoms with Crippen molar-refractivity contribution < 1.29 is 18.0 Å². The minimum Gasteiger partial charge on any atom is -0.338 e. The second-order valence-electron chi connectivity index (χ2n) is 7.00. The minimum atomic E-state index is -4.30. The Labute approximate surface area is 152 Å². The molecule has 1 N–H and O–H groups in total. The molecule has 0 spiro atoms. The van der Waals surface area contributed by atoms with E-state index >= 15 is 0 Å². The maximum Gasteiger partial charge on any atom is 0.393 e. The molecule has 0 aromatic carbocycles. The van der Waals surface area contributed by atoms with Gasteiger partial charge in [-0.25, -0.2) is 9.67 Å². The average molecular weight is 381 g/mol. The predicted octanol–water partition coefficient (Wildman–Crippen LogP) is 1.78. The van der Waals surface area contributed by atoms with Gasteiger partial charge in [0, 0.05) is 18.7 Å². The first-order valence-corrected chi connectivity index (χ1v) is 8.78. The van der Waals surface area contributed by atoms with Gasteiger partial charge < -0.3 is 4.90 Å². The van der Waals surface area contributed by atoms with Gasteiger partial charge in [-0.2, -0.15) is 18.3 Å². The number of aromatic nitrogens is 4. The van der Waals surface area contributed by atoms with Crippen LogP contribution in [0.15, 0.2) is 11.0 Å². The lowest BCUT2D eigenvalue weighted by atomic mass is 10.1. The first-order chi connectivity index (χ1) is 12.8. The number of amides is 1. The Bertz CT molecular complexity index is 962. The maximum absolute atomic E-state index is 12.9. The van der Waals surface area contributed by atoms with Gasteiger partial charge in [-0.3, -0.25) is 14.6 Å². The molecule has 1 atom stereocenters. The smallest absolute Gasteiger partial charge is 0.338 e. The molecule has 2 aromatic heterocycles. The van der Waals surface area contributed by atoms with Crippen molar-refractivity contribution in [2.24, 2.45) is 5.92 Å². The highest BCUT2D eigenvalue weighted by Crippen LogP contribution is 2.34. The highest BCUT2D eigenvalue weighted by molar-refractivity contribution is 5.95. The van der Waals surface area contributed by atoms with E-state index < -0.39 is 18.0 Å². The van der Waals surface area contributed by atoms with E-state index in [0.29, 0.717) is 24.1 Å². The van der Waals surface area contributed by atoms with Crippen molar-refractivity contribution >= 4 is 5.91 Å². The number of fused-ring (bicyclic) bond motifs is 1. The van der Waals surface area contributed by atoms with E-state index in [9.17, 15) is 22.8 Å². The van der Waals surface area contributed by atoms with Crippen LogP contribution in [0.25, 0.3) is 5.95 Å². The van der Waals surface area contributed by atoms with Crippen LogP contribution in [0.2, 0.25) is 0 Å². The Morgan fingerprint density at radius 3 is 2.81 bits per heavy atom. The first kappa shape index (κ1) is 17.7. The van der Waals surface area contributed by atoms with Gasteiger partial charge in [0.15, 0.2) is 0 Å². The van der Waals surface area contributed by atoms with Crippen LogP contribution in [0.5, 0.6) is 0 Å². The quantitative estimate of drug-likeness (QED) is 0.860. The Balaban J connectivity index is 1.61. The number of hydrogen-bond donors (Lipinski definition) is 1. The van der Waals surface area contributed by atoms with Crippen molar-refractivity contribution in [2.45, 2.75) is 38.8 Å². The van der Waals surface area contributed by atoms with Crippen LogP contribution in [0, 0.1) is 12.8 Å². The van der Waals surface area contributed by atoms with Crippen molar-refractivity contribution in [1.82, 2.24) is 24.6 Å². The molecule has 1 unspecified atom stereocenters. The van der Waals surface area contributed by atoms with Gasteiger partial charge in [0.25, 0.3) is 11.5 Å². The SMILES string of the molecule is Cc1c(C(=O)N2CCC(C(F)(F)F)C2)cnn1-c1nc2c(c(=O)[nH]1)CCC2. The van der Waals surface area contributed by atoms with Crippen LogP contribution in [0.1, 0.15) is 40.2 Å². The number of hydrogen-bond acceptors (Lipinski definition) is 4. The third-order valence-electron chi connectivity index (χ3n) is 5.31. The number of rotatable bonds is 2. The van der Waals surface area contributed by atoms with Gasteiger partial charge >= 0.3 is 6.18 Å². The van der Waals surface area contributed by atoms with Crippen LogP contribution < -0.4 is 5.56 Å². The second-order valence-corrected chi connectivity index (χ2v) is 7.00. The average Bonchev–Trinajstić information content (AvgIpc) is 3.32. The third-order valence-corrected chi connectivity index (χ3v) is 5.31. The topological polar surface area (TPSA) is 83.9 Å². The molecule has 7 nitrogen and oxygen atoms in total. The molecule has 144 valence electrons. The lowest BCUT2D eigenvalue weighted by molar-refractivity contribution is -0.169. The van der Waals surface area contributed by atoms with Gasteiger partial charge in [0.2, 0.25) is 5.95 Å². The van der Waals surface area contributed by atoms with E-state index in [1.54, 1.807) is 6.92 Å². The largest absolute Gasteiger partial charge is 0.393 e. The van der Waals surface area contributed by atoms with Crippen LogP contribution >= 0.6 is 0 Å². The third kappa shape index (κ3) is 3.02. The van der Waals surface area contributed by atoms with Crippen molar-refractivity contribution in [2.75, 3.05) is 13.1 Å². The Morgan fingerprint density at radius 2 is 2.11 bits per heavy atom. The summed E-state index contributed by atoms with van der Waals surface area (Å²) >= 11 is 0. The molecule has 2 aromatic rings. The maximum atomic E-state index is 12.9. The molecule has 0 bridgehead atoms. The van der Waals surface area contributed by atoms with Gasteiger partial charge in [-0.05, 0) is 32.6 Å².